The molecule has 0 radical (unpaired) electrons. The molecule has 0 bridgehead atoms. The summed E-state index contributed by atoms with van der Waals surface area (Å²) in [6.45, 7) is 1.91. The Hall–Kier alpha value is -2.13. The molecule has 0 amide bonds. The predicted octanol–water partition coefficient (Wildman–Crippen LogP) is 5.39. The maximum atomic E-state index is 12.6. The third kappa shape index (κ3) is 4.10. The fourth-order valence-corrected chi connectivity index (χ4v) is 3.69. The molecule has 0 aliphatic heterocycles. The minimum atomic E-state index is -4.35. The molecule has 2 heterocycles. The Morgan fingerprint density at radius 1 is 1.08 bits per heavy atom. The fraction of sp³-hybridized carbons (Fsp3) is 0.188. The molecule has 2 aromatic heterocycles. The van der Waals surface area contributed by atoms with Gasteiger partial charge in [0.1, 0.15) is 0 Å². The van der Waals surface area contributed by atoms with Crippen molar-refractivity contribution >= 4 is 34.7 Å². The van der Waals surface area contributed by atoms with Crippen LogP contribution in [0.4, 0.5) is 24.8 Å². The van der Waals surface area contributed by atoms with Crippen LogP contribution in [0.25, 0.3) is 10.6 Å². The first-order valence-corrected chi connectivity index (χ1v) is 9.20. The van der Waals surface area contributed by atoms with E-state index in [1.54, 1.807) is 35.4 Å². The lowest BCUT2D eigenvalue weighted by Gasteiger charge is -2.09. The first-order chi connectivity index (χ1) is 11.9. The first kappa shape index (κ1) is 17.7. The van der Waals surface area contributed by atoms with Gasteiger partial charge in [0.15, 0.2) is 4.34 Å². The van der Waals surface area contributed by atoms with Crippen molar-refractivity contribution in [1.82, 2.24) is 15.0 Å². The van der Waals surface area contributed by atoms with Crippen LogP contribution in [-0.2, 0) is 6.18 Å². The fourth-order valence-electron chi connectivity index (χ4n) is 2.11. The summed E-state index contributed by atoms with van der Waals surface area (Å²) in [5.74, 6) is 0.316. The Bertz CT molecular complexity index is 876. The van der Waals surface area contributed by atoms with Crippen LogP contribution >= 0.6 is 23.1 Å². The molecule has 0 atom stereocenters. The molecule has 3 rings (SSSR count). The number of halogens is 3. The number of aryl methyl sites for hydroxylation is 1. The van der Waals surface area contributed by atoms with Crippen LogP contribution in [0.3, 0.4) is 0 Å². The van der Waals surface area contributed by atoms with Gasteiger partial charge < -0.3 is 5.32 Å². The van der Waals surface area contributed by atoms with Crippen LogP contribution in [0.2, 0.25) is 0 Å². The van der Waals surface area contributed by atoms with Crippen molar-refractivity contribution in [3.8, 4) is 10.6 Å². The Labute approximate surface area is 150 Å². The van der Waals surface area contributed by atoms with Crippen molar-refractivity contribution in [2.45, 2.75) is 17.4 Å². The van der Waals surface area contributed by atoms with E-state index < -0.39 is 11.7 Å². The highest BCUT2D eigenvalue weighted by Gasteiger charge is 2.29. The number of nitrogens with one attached hydrogen (secondary N) is 1. The van der Waals surface area contributed by atoms with E-state index in [0.29, 0.717) is 11.6 Å². The standard InChI is InChI=1S/C16H13F3N4S2/c1-9-13(25-15(21-9)24-2)12-7-8-20-14(23-12)22-11-5-3-10(4-6-11)16(17,18)19/h3-8H,1-2H3,(H,20,22,23). The molecular formula is C16H13F3N4S2. The van der Waals surface area contributed by atoms with Gasteiger partial charge in [0.05, 0.1) is 21.8 Å². The van der Waals surface area contributed by atoms with Gasteiger partial charge in [-0.2, -0.15) is 13.2 Å². The van der Waals surface area contributed by atoms with E-state index in [2.05, 4.69) is 20.3 Å². The smallest absolute Gasteiger partial charge is 0.324 e. The molecule has 25 heavy (non-hydrogen) atoms. The highest BCUT2D eigenvalue weighted by Crippen LogP contribution is 2.33. The van der Waals surface area contributed by atoms with Crippen molar-refractivity contribution in [3.63, 3.8) is 0 Å². The largest absolute Gasteiger partial charge is 0.416 e. The quantitative estimate of drug-likeness (QED) is 0.613. The zero-order valence-corrected chi connectivity index (χ0v) is 14.9. The molecule has 0 aliphatic carbocycles. The maximum absolute atomic E-state index is 12.6. The summed E-state index contributed by atoms with van der Waals surface area (Å²) in [7, 11) is 0. The summed E-state index contributed by atoms with van der Waals surface area (Å²) in [4.78, 5) is 13.9. The van der Waals surface area contributed by atoms with E-state index in [1.807, 2.05) is 13.2 Å². The molecule has 1 aromatic carbocycles. The Morgan fingerprint density at radius 2 is 1.80 bits per heavy atom. The highest BCUT2D eigenvalue weighted by molar-refractivity contribution is 8.00. The van der Waals surface area contributed by atoms with E-state index in [9.17, 15) is 13.2 Å². The van der Waals surface area contributed by atoms with E-state index in [-0.39, 0.29) is 0 Å². The molecule has 3 aromatic rings. The summed E-state index contributed by atoms with van der Waals surface area (Å²) in [5, 5.41) is 2.92. The van der Waals surface area contributed by atoms with Gasteiger partial charge in [-0.1, -0.05) is 11.8 Å². The van der Waals surface area contributed by atoms with Gasteiger partial charge in [0.25, 0.3) is 0 Å². The number of nitrogens with zero attached hydrogens (tertiary/aromatic N) is 3. The highest BCUT2D eigenvalue weighted by atomic mass is 32.2. The number of alkyl halides is 3. The summed E-state index contributed by atoms with van der Waals surface area (Å²) in [5.41, 5.74) is 1.39. The molecule has 0 fully saturated rings. The van der Waals surface area contributed by atoms with Gasteiger partial charge in [-0.15, -0.1) is 11.3 Å². The van der Waals surface area contributed by atoms with E-state index in [1.165, 1.54) is 12.1 Å². The predicted molar refractivity (Wildman–Crippen MR) is 94.4 cm³/mol. The lowest BCUT2D eigenvalue weighted by atomic mass is 10.2. The van der Waals surface area contributed by atoms with Gasteiger partial charge in [0, 0.05) is 11.9 Å². The van der Waals surface area contributed by atoms with Crippen LogP contribution in [0, 0.1) is 6.92 Å². The van der Waals surface area contributed by atoms with Crippen molar-refractivity contribution in [2.24, 2.45) is 0 Å². The zero-order chi connectivity index (χ0) is 18.0. The summed E-state index contributed by atoms with van der Waals surface area (Å²) in [6.07, 6.45) is -0.792. The average Bonchev–Trinajstić information content (AvgIpc) is 2.96. The van der Waals surface area contributed by atoms with Gasteiger partial charge >= 0.3 is 6.18 Å². The molecular weight excluding hydrogens is 369 g/mol. The van der Waals surface area contributed by atoms with Gasteiger partial charge in [-0.05, 0) is 43.5 Å². The second-order valence-electron chi connectivity index (χ2n) is 5.06. The number of thiazole rings is 1. The molecule has 1 N–H and O–H groups in total. The van der Waals surface area contributed by atoms with Crippen LogP contribution < -0.4 is 5.32 Å². The van der Waals surface area contributed by atoms with E-state index in [0.717, 1.165) is 32.7 Å². The Kier molecular flexibility index (Phi) is 4.96. The van der Waals surface area contributed by atoms with Crippen molar-refractivity contribution in [3.05, 3.63) is 47.8 Å². The maximum Gasteiger partial charge on any atom is 0.416 e. The lowest BCUT2D eigenvalue weighted by molar-refractivity contribution is -0.137. The molecule has 0 aliphatic rings. The third-order valence-electron chi connectivity index (χ3n) is 3.31. The SMILES string of the molecule is CSc1nc(C)c(-c2ccnc(Nc3ccc(C(F)(F)F)cc3)n2)s1. The molecule has 4 nitrogen and oxygen atoms in total. The number of anilines is 2. The van der Waals surface area contributed by atoms with Crippen LogP contribution in [0.1, 0.15) is 11.3 Å². The second-order valence-corrected chi connectivity index (χ2v) is 7.12. The van der Waals surface area contributed by atoms with Crippen molar-refractivity contribution < 1.29 is 13.2 Å². The Morgan fingerprint density at radius 3 is 2.40 bits per heavy atom. The monoisotopic (exact) mass is 382 g/mol. The minimum Gasteiger partial charge on any atom is -0.324 e. The topological polar surface area (TPSA) is 50.7 Å². The average molecular weight is 382 g/mol. The van der Waals surface area contributed by atoms with Crippen molar-refractivity contribution in [1.29, 1.82) is 0 Å². The Balaban J connectivity index is 1.83. The number of benzene rings is 1. The third-order valence-corrected chi connectivity index (χ3v) is 5.47. The molecule has 0 saturated carbocycles. The van der Waals surface area contributed by atoms with Crippen LogP contribution in [0.15, 0.2) is 40.9 Å². The van der Waals surface area contributed by atoms with Gasteiger partial charge in [0.2, 0.25) is 5.95 Å². The number of rotatable bonds is 4. The van der Waals surface area contributed by atoms with E-state index in [4.69, 9.17) is 0 Å². The normalized spacial score (nSPS) is 11.6. The van der Waals surface area contributed by atoms with Gasteiger partial charge in [-0.25, -0.2) is 15.0 Å². The number of hydrogen-bond acceptors (Lipinski definition) is 6. The number of thioether (sulfide) groups is 1. The van der Waals surface area contributed by atoms with Crippen molar-refractivity contribution in [2.75, 3.05) is 11.6 Å². The lowest BCUT2D eigenvalue weighted by Crippen LogP contribution is -2.04. The first-order valence-electron chi connectivity index (χ1n) is 7.16. The van der Waals surface area contributed by atoms with Crippen LogP contribution in [0.5, 0.6) is 0 Å². The molecule has 0 unspecified atom stereocenters. The summed E-state index contributed by atoms with van der Waals surface area (Å²) >= 11 is 3.11. The molecule has 0 spiro atoms. The van der Waals surface area contributed by atoms with E-state index >= 15 is 0 Å². The second kappa shape index (κ2) is 7.01. The summed E-state index contributed by atoms with van der Waals surface area (Å²) in [6, 6.07) is 6.52. The number of aromatic nitrogens is 3. The summed E-state index contributed by atoms with van der Waals surface area (Å²) < 4.78 is 38.8. The molecule has 130 valence electrons. The zero-order valence-electron chi connectivity index (χ0n) is 13.3. The molecule has 9 heteroatoms. The molecule has 0 saturated heterocycles. The van der Waals surface area contributed by atoms with Gasteiger partial charge in [-0.3, -0.25) is 0 Å². The number of hydrogen-bond donors (Lipinski definition) is 1. The minimum absolute atomic E-state index is 0.316. The van der Waals surface area contributed by atoms with Crippen LogP contribution in [-0.4, -0.2) is 21.2 Å².